The van der Waals surface area contributed by atoms with Crippen molar-refractivity contribution in [3.05, 3.63) is 33.9 Å². The number of nitro groups is 1. The van der Waals surface area contributed by atoms with Crippen LogP contribution in [0.3, 0.4) is 0 Å². The van der Waals surface area contributed by atoms with Crippen molar-refractivity contribution in [2.45, 2.75) is 12.8 Å². The van der Waals surface area contributed by atoms with Gasteiger partial charge < -0.3 is 4.74 Å². The normalized spacial score (nSPS) is 9.06. The van der Waals surface area contributed by atoms with Crippen LogP contribution in [0, 0.1) is 33.8 Å². The summed E-state index contributed by atoms with van der Waals surface area (Å²) in [5, 5.41) is 19.4. The van der Waals surface area contributed by atoms with E-state index in [0.29, 0.717) is 19.4 Å². The number of hydrogen-bond donors (Lipinski definition) is 0. The Hall–Kier alpha value is -2.53. The zero-order valence-corrected chi connectivity index (χ0v) is 9.05. The smallest absolute Gasteiger partial charge is 0.312 e. The number of nitro benzene ring substituents is 1. The van der Waals surface area contributed by atoms with Crippen molar-refractivity contribution in [2.24, 2.45) is 0 Å². The van der Waals surface area contributed by atoms with Crippen LogP contribution in [0.5, 0.6) is 5.75 Å². The van der Waals surface area contributed by atoms with Gasteiger partial charge in [0.05, 0.1) is 23.2 Å². The average molecular weight is 230 g/mol. The monoisotopic (exact) mass is 230 g/mol. The van der Waals surface area contributed by atoms with Gasteiger partial charge in [-0.1, -0.05) is 0 Å². The molecule has 17 heavy (non-hydrogen) atoms. The van der Waals surface area contributed by atoms with E-state index in [-0.39, 0.29) is 17.0 Å². The predicted molar refractivity (Wildman–Crippen MR) is 61.4 cm³/mol. The van der Waals surface area contributed by atoms with E-state index in [0.717, 1.165) is 0 Å². The topological polar surface area (TPSA) is 76.2 Å². The molecule has 0 aromatic heterocycles. The van der Waals surface area contributed by atoms with Gasteiger partial charge in [-0.15, -0.1) is 12.3 Å². The lowest BCUT2D eigenvalue weighted by atomic mass is 10.2. The molecule has 0 saturated heterocycles. The highest BCUT2D eigenvalue weighted by Crippen LogP contribution is 2.27. The van der Waals surface area contributed by atoms with Crippen molar-refractivity contribution in [3.63, 3.8) is 0 Å². The van der Waals surface area contributed by atoms with Crippen LogP contribution in [0.15, 0.2) is 18.2 Å². The van der Waals surface area contributed by atoms with Gasteiger partial charge in [0.2, 0.25) is 0 Å². The maximum Gasteiger partial charge on any atom is 0.312 e. The number of ether oxygens (including phenoxy) is 1. The molecular formula is C12H10N2O3. The Morgan fingerprint density at radius 1 is 1.53 bits per heavy atom. The van der Waals surface area contributed by atoms with Crippen molar-refractivity contribution in [1.29, 1.82) is 5.26 Å². The molecule has 0 saturated carbocycles. The minimum atomic E-state index is -0.572. The summed E-state index contributed by atoms with van der Waals surface area (Å²) in [6, 6.07) is 5.93. The Morgan fingerprint density at radius 3 is 2.88 bits per heavy atom. The first-order valence-corrected chi connectivity index (χ1v) is 4.94. The van der Waals surface area contributed by atoms with E-state index in [1.165, 1.54) is 18.2 Å². The third kappa shape index (κ3) is 3.51. The maximum atomic E-state index is 10.8. The first-order chi connectivity index (χ1) is 8.19. The molecule has 0 amide bonds. The number of nitriles is 1. The van der Waals surface area contributed by atoms with Gasteiger partial charge in [0.25, 0.3) is 0 Å². The van der Waals surface area contributed by atoms with Crippen LogP contribution in [-0.2, 0) is 0 Å². The van der Waals surface area contributed by atoms with Crippen molar-refractivity contribution < 1.29 is 9.66 Å². The summed E-state index contributed by atoms with van der Waals surface area (Å²) >= 11 is 0. The number of benzene rings is 1. The molecule has 1 rings (SSSR count). The molecule has 0 unspecified atom stereocenters. The van der Waals surface area contributed by atoms with E-state index in [1.54, 1.807) is 0 Å². The van der Waals surface area contributed by atoms with Crippen LogP contribution in [0.1, 0.15) is 18.4 Å². The molecule has 0 N–H and O–H groups in total. The van der Waals surface area contributed by atoms with E-state index in [9.17, 15) is 10.1 Å². The van der Waals surface area contributed by atoms with Crippen molar-refractivity contribution in [2.75, 3.05) is 6.61 Å². The lowest BCUT2D eigenvalue weighted by Crippen LogP contribution is -2.00. The van der Waals surface area contributed by atoms with Crippen LogP contribution >= 0.6 is 0 Å². The van der Waals surface area contributed by atoms with E-state index in [4.69, 9.17) is 16.4 Å². The molecule has 5 heteroatoms. The van der Waals surface area contributed by atoms with Gasteiger partial charge in [-0.05, 0) is 18.6 Å². The summed E-state index contributed by atoms with van der Waals surface area (Å²) in [5.41, 5.74) is 0.0254. The fourth-order valence-electron chi connectivity index (χ4n) is 1.21. The third-order valence-corrected chi connectivity index (χ3v) is 2.01. The largest absolute Gasteiger partial charge is 0.487 e. The second-order valence-electron chi connectivity index (χ2n) is 3.21. The summed E-state index contributed by atoms with van der Waals surface area (Å²) in [6.07, 6.45) is 6.27. The summed E-state index contributed by atoms with van der Waals surface area (Å²) in [6.45, 7) is 0.316. The number of hydrogen-bond acceptors (Lipinski definition) is 4. The number of unbranched alkanes of at least 4 members (excludes halogenated alkanes) is 1. The number of terminal acetylenes is 1. The summed E-state index contributed by atoms with van der Waals surface area (Å²) in [4.78, 5) is 10.2. The molecule has 0 aliphatic heterocycles. The van der Waals surface area contributed by atoms with Gasteiger partial charge in [0.1, 0.15) is 0 Å². The van der Waals surface area contributed by atoms with E-state index < -0.39 is 4.92 Å². The Kier molecular flexibility index (Phi) is 4.53. The van der Waals surface area contributed by atoms with Gasteiger partial charge in [0.15, 0.2) is 5.75 Å². The Labute approximate surface area is 98.8 Å². The highest BCUT2D eigenvalue weighted by atomic mass is 16.6. The summed E-state index contributed by atoms with van der Waals surface area (Å²) in [7, 11) is 0. The Bertz CT molecular complexity index is 497. The number of rotatable bonds is 5. The molecule has 1 aromatic rings. The van der Waals surface area contributed by atoms with Gasteiger partial charge >= 0.3 is 5.69 Å². The molecule has 0 spiro atoms. The second kappa shape index (κ2) is 6.14. The third-order valence-electron chi connectivity index (χ3n) is 2.01. The molecule has 5 nitrogen and oxygen atoms in total. The molecule has 1 aromatic carbocycles. The van der Waals surface area contributed by atoms with Crippen molar-refractivity contribution in [1.82, 2.24) is 0 Å². The van der Waals surface area contributed by atoms with Crippen LogP contribution in [0.25, 0.3) is 0 Å². The molecule has 0 radical (unpaired) electrons. The molecular weight excluding hydrogens is 220 g/mol. The molecule has 0 aliphatic carbocycles. The maximum absolute atomic E-state index is 10.8. The zero-order valence-electron chi connectivity index (χ0n) is 9.05. The van der Waals surface area contributed by atoms with Gasteiger partial charge in [-0.25, -0.2) is 0 Å². The van der Waals surface area contributed by atoms with Crippen LogP contribution in [-0.4, -0.2) is 11.5 Å². The molecule has 0 aliphatic rings. The van der Waals surface area contributed by atoms with Crippen molar-refractivity contribution in [3.8, 4) is 24.2 Å². The minimum absolute atomic E-state index is 0.158. The lowest BCUT2D eigenvalue weighted by Gasteiger charge is -2.05. The Morgan fingerprint density at radius 2 is 2.29 bits per heavy atom. The summed E-state index contributed by atoms with van der Waals surface area (Å²) in [5.74, 6) is 2.61. The minimum Gasteiger partial charge on any atom is -0.487 e. The predicted octanol–water partition coefficient (Wildman–Crippen LogP) is 2.26. The van der Waals surface area contributed by atoms with Gasteiger partial charge in [-0.2, -0.15) is 5.26 Å². The van der Waals surface area contributed by atoms with Crippen LogP contribution in [0.4, 0.5) is 5.69 Å². The molecule has 0 atom stereocenters. The second-order valence-corrected chi connectivity index (χ2v) is 3.21. The van der Waals surface area contributed by atoms with Crippen molar-refractivity contribution >= 4 is 5.69 Å². The Balaban J connectivity index is 2.81. The molecule has 0 bridgehead atoms. The quantitative estimate of drug-likeness (QED) is 0.336. The highest BCUT2D eigenvalue weighted by Gasteiger charge is 2.15. The first-order valence-electron chi connectivity index (χ1n) is 4.94. The van der Waals surface area contributed by atoms with Gasteiger partial charge in [0, 0.05) is 12.5 Å². The fraction of sp³-hybridized carbons (Fsp3) is 0.250. The average Bonchev–Trinajstić information content (AvgIpc) is 2.34. The summed E-state index contributed by atoms with van der Waals surface area (Å²) < 4.78 is 5.25. The zero-order chi connectivity index (χ0) is 12.7. The lowest BCUT2D eigenvalue weighted by molar-refractivity contribution is -0.385. The number of nitrogens with zero attached hydrogens (tertiary/aromatic N) is 2. The standard InChI is InChI=1S/C12H10N2O3/c1-2-3-4-7-17-12-6-5-10(9-13)8-11(12)14(15)16/h1,5-6,8H,3-4,7H2. The first kappa shape index (κ1) is 12.5. The fourth-order valence-corrected chi connectivity index (χ4v) is 1.21. The SMILES string of the molecule is C#CCCCOc1ccc(C#N)cc1[N+](=O)[O-]. The molecule has 0 heterocycles. The van der Waals surface area contributed by atoms with Crippen LogP contribution in [0.2, 0.25) is 0 Å². The molecule has 0 fully saturated rings. The van der Waals surface area contributed by atoms with Gasteiger partial charge in [-0.3, -0.25) is 10.1 Å². The molecule has 86 valence electrons. The van der Waals surface area contributed by atoms with E-state index in [2.05, 4.69) is 5.92 Å². The highest BCUT2D eigenvalue weighted by molar-refractivity contribution is 5.51. The van der Waals surface area contributed by atoms with Crippen LogP contribution < -0.4 is 4.74 Å². The van der Waals surface area contributed by atoms with E-state index in [1.807, 2.05) is 6.07 Å². The van der Waals surface area contributed by atoms with E-state index >= 15 is 0 Å².